The van der Waals surface area contributed by atoms with Gasteiger partial charge in [-0.25, -0.2) is 0 Å². The largest absolute Gasteiger partial charge is 0.389 e. The maximum absolute atomic E-state index is 5.75. The number of nitrogens with two attached hydrogens (primary N) is 1. The summed E-state index contributed by atoms with van der Waals surface area (Å²) in [5.41, 5.74) is 8.29. The Morgan fingerprint density at radius 3 is 2.72 bits per heavy atom. The number of rotatable bonds is 3. The lowest BCUT2D eigenvalue weighted by atomic mass is 10.2. The van der Waals surface area contributed by atoms with Crippen LogP contribution in [0.25, 0.3) is 0 Å². The van der Waals surface area contributed by atoms with Crippen molar-refractivity contribution >= 4 is 44.6 Å². The fourth-order valence-electron chi connectivity index (χ4n) is 1.79. The van der Waals surface area contributed by atoms with Crippen molar-refractivity contribution in [2.45, 2.75) is 6.92 Å². The van der Waals surface area contributed by atoms with E-state index < -0.39 is 0 Å². The van der Waals surface area contributed by atoms with Gasteiger partial charge in [-0.3, -0.25) is 4.68 Å². The number of hydrogen-bond acceptors (Lipinski definition) is 3. The molecule has 2 rings (SSSR count). The summed E-state index contributed by atoms with van der Waals surface area (Å²) in [7, 11) is 1.86. The first kappa shape index (κ1) is 13.0. The van der Waals surface area contributed by atoms with Crippen LogP contribution in [0.2, 0.25) is 0 Å². The molecule has 0 radical (unpaired) electrons. The van der Waals surface area contributed by atoms with E-state index in [4.69, 9.17) is 18.0 Å². The van der Waals surface area contributed by atoms with Gasteiger partial charge in [0.15, 0.2) is 0 Å². The van der Waals surface area contributed by atoms with Gasteiger partial charge in [0, 0.05) is 11.5 Å². The van der Waals surface area contributed by atoms with E-state index in [9.17, 15) is 0 Å². The number of nitrogens with zero attached hydrogens (tertiary/aromatic N) is 2. The van der Waals surface area contributed by atoms with Crippen LogP contribution >= 0.6 is 28.1 Å². The molecular weight excluding hydrogens is 312 g/mol. The fraction of sp³-hybridized carbons (Fsp3) is 0.167. The molecule has 0 amide bonds. The van der Waals surface area contributed by atoms with Crippen LogP contribution in [0.3, 0.4) is 0 Å². The second kappa shape index (κ2) is 5.07. The molecular formula is C12H13BrN4S. The Morgan fingerprint density at radius 2 is 2.11 bits per heavy atom. The molecule has 0 atom stereocenters. The van der Waals surface area contributed by atoms with E-state index in [-0.39, 0.29) is 0 Å². The molecule has 18 heavy (non-hydrogen) atoms. The highest BCUT2D eigenvalue weighted by atomic mass is 79.9. The number of halogens is 1. The molecule has 1 heterocycles. The number of aryl methyl sites for hydroxylation is 2. The van der Waals surface area contributed by atoms with Crippen LogP contribution in [0.15, 0.2) is 28.7 Å². The number of anilines is 2. The Kier molecular flexibility index (Phi) is 3.68. The van der Waals surface area contributed by atoms with Gasteiger partial charge in [0.25, 0.3) is 0 Å². The van der Waals surface area contributed by atoms with Gasteiger partial charge in [-0.05, 0) is 35.0 Å². The highest BCUT2D eigenvalue weighted by molar-refractivity contribution is 9.10. The predicted molar refractivity (Wildman–Crippen MR) is 81.3 cm³/mol. The molecule has 6 heteroatoms. The fourth-order valence-corrected chi connectivity index (χ4v) is 2.41. The minimum Gasteiger partial charge on any atom is -0.389 e. The summed E-state index contributed by atoms with van der Waals surface area (Å²) in [5, 5.41) is 7.63. The molecule has 4 nitrogen and oxygen atoms in total. The van der Waals surface area contributed by atoms with Crippen molar-refractivity contribution in [1.29, 1.82) is 0 Å². The molecule has 0 aliphatic heterocycles. The van der Waals surface area contributed by atoms with Gasteiger partial charge in [-0.15, -0.1) is 0 Å². The summed E-state index contributed by atoms with van der Waals surface area (Å²) >= 11 is 8.56. The minimum absolute atomic E-state index is 0.343. The summed E-state index contributed by atoms with van der Waals surface area (Å²) in [4.78, 5) is 0.343. The van der Waals surface area contributed by atoms with Crippen molar-refractivity contribution in [3.05, 3.63) is 40.0 Å². The highest BCUT2D eigenvalue weighted by Gasteiger charge is 2.16. The normalized spacial score (nSPS) is 10.4. The predicted octanol–water partition coefficient (Wildman–Crippen LogP) is 2.87. The van der Waals surface area contributed by atoms with Gasteiger partial charge in [0.2, 0.25) is 0 Å². The molecule has 0 aliphatic carbocycles. The van der Waals surface area contributed by atoms with Gasteiger partial charge in [0.05, 0.1) is 16.9 Å². The first-order chi connectivity index (χ1) is 8.50. The molecule has 1 aromatic carbocycles. The van der Waals surface area contributed by atoms with E-state index in [1.54, 1.807) is 4.68 Å². The second-order valence-electron chi connectivity index (χ2n) is 3.90. The molecule has 0 unspecified atom stereocenters. The van der Waals surface area contributed by atoms with E-state index >= 15 is 0 Å². The van der Waals surface area contributed by atoms with Crippen LogP contribution in [-0.4, -0.2) is 14.8 Å². The Balaban J connectivity index is 2.47. The lowest BCUT2D eigenvalue weighted by Crippen LogP contribution is -2.13. The van der Waals surface area contributed by atoms with E-state index in [0.717, 1.165) is 27.2 Å². The van der Waals surface area contributed by atoms with Crippen molar-refractivity contribution in [1.82, 2.24) is 9.78 Å². The summed E-state index contributed by atoms with van der Waals surface area (Å²) in [6.07, 6.45) is 0. The SMILES string of the molecule is Cc1nn(C)c(Nc2ccccc2Br)c1C(N)=S. The maximum Gasteiger partial charge on any atom is 0.138 e. The molecule has 0 fully saturated rings. The van der Waals surface area contributed by atoms with Crippen molar-refractivity contribution in [2.75, 3.05) is 5.32 Å². The third kappa shape index (κ3) is 2.39. The van der Waals surface area contributed by atoms with Crippen LogP contribution in [0.1, 0.15) is 11.3 Å². The molecule has 0 aliphatic rings. The summed E-state index contributed by atoms with van der Waals surface area (Å²) < 4.78 is 2.71. The minimum atomic E-state index is 0.343. The van der Waals surface area contributed by atoms with E-state index in [1.807, 2.05) is 38.2 Å². The summed E-state index contributed by atoms with van der Waals surface area (Å²) in [5.74, 6) is 0.798. The Labute approximate surface area is 119 Å². The lowest BCUT2D eigenvalue weighted by Gasteiger charge is -2.10. The zero-order chi connectivity index (χ0) is 13.3. The van der Waals surface area contributed by atoms with E-state index in [0.29, 0.717) is 4.99 Å². The molecule has 3 N–H and O–H groups in total. The third-order valence-corrected chi connectivity index (χ3v) is 3.49. The number of aromatic nitrogens is 2. The van der Waals surface area contributed by atoms with E-state index in [2.05, 4.69) is 26.3 Å². The van der Waals surface area contributed by atoms with Crippen molar-refractivity contribution in [2.24, 2.45) is 12.8 Å². The van der Waals surface area contributed by atoms with Crippen LogP contribution in [0, 0.1) is 6.92 Å². The van der Waals surface area contributed by atoms with Crippen molar-refractivity contribution in [3.8, 4) is 0 Å². The standard InChI is InChI=1S/C12H13BrN4S/c1-7-10(11(14)18)12(17(2)16-7)15-9-6-4-3-5-8(9)13/h3-6,15H,1-2H3,(H2,14,18). The smallest absolute Gasteiger partial charge is 0.138 e. The Morgan fingerprint density at radius 1 is 1.44 bits per heavy atom. The number of thiocarbonyl (C=S) groups is 1. The van der Waals surface area contributed by atoms with Gasteiger partial charge >= 0.3 is 0 Å². The first-order valence-corrected chi connectivity index (χ1v) is 6.55. The quantitative estimate of drug-likeness (QED) is 0.852. The number of benzene rings is 1. The monoisotopic (exact) mass is 324 g/mol. The highest BCUT2D eigenvalue weighted by Crippen LogP contribution is 2.28. The zero-order valence-corrected chi connectivity index (χ0v) is 12.5. The molecule has 0 saturated heterocycles. The molecule has 0 bridgehead atoms. The molecule has 0 saturated carbocycles. The lowest BCUT2D eigenvalue weighted by molar-refractivity contribution is 0.765. The van der Waals surface area contributed by atoms with Crippen molar-refractivity contribution in [3.63, 3.8) is 0 Å². The molecule has 1 aromatic heterocycles. The van der Waals surface area contributed by atoms with Crippen LogP contribution in [0.5, 0.6) is 0 Å². The number of hydrogen-bond donors (Lipinski definition) is 2. The van der Waals surface area contributed by atoms with Gasteiger partial charge in [0.1, 0.15) is 10.8 Å². The maximum atomic E-state index is 5.75. The van der Waals surface area contributed by atoms with Crippen LogP contribution in [-0.2, 0) is 7.05 Å². The zero-order valence-electron chi connectivity index (χ0n) is 10.1. The van der Waals surface area contributed by atoms with Crippen LogP contribution < -0.4 is 11.1 Å². The summed E-state index contributed by atoms with van der Waals surface area (Å²) in [6, 6.07) is 7.84. The average molecular weight is 325 g/mol. The first-order valence-electron chi connectivity index (χ1n) is 5.35. The number of para-hydroxylation sites is 1. The topological polar surface area (TPSA) is 55.9 Å². The third-order valence-electron chi connectivity index (χ3n) is 2.60. The van der Waals surface area contributed by atoms with Crippen molar-refractivity contribution < 1.29 is 0 Å². The second-order valence-corrected chi connectivity index (χ2v) is 5.20. The van der Waals surface area contributed by atoms with Gasteiger partial charge in [-0.1, -0.05) is 24.4 Å². The van der Waals surface area contributed by atoms with Gasteiger partial charge in [-0.2, -0.15) is 5.10 Å². The molecule has 94 valence electrons. The van der Waals surface area contributed by atoms with E-state index in [1.165, 1.54) is 0 Å². The summed E-state index contributed by atoms with van der Waals surface area (Å²) in [6.45, 7) is 1.89. The van der Waals surface area contributed by atoms with Gasteiger partial charge < -0.3 is 11.1 Å². The average Bonchev–Trinajstić information content (AvgIpc) is 2.57. The number of nitrogens with one attached hydrogen (secondary N) is 1. The Hall–Kier alpha value is -1.40. The van der Waals surface area contributed by atoms with Crippen LogP contribution in [0.4, 0.5) is 11.5 Å². The Bertz CT molecular complexity index is 606. The molecule has 2 aromatic rings. The molecule has 0 spiro atoms.